The van der Waals surface area contributed by atoms with Gasteiger partial charge in [0.25, 0.3) is 0 Å². The number of aromatic carboxylic acids is 1. The highest BCUT2D eigenvalue weighted by Gasteiger charge is 2.09. The SMILES string of the molecule is Cc1ccc(Sc2ncccc2C)cc1C(=O)O. The first kappa shape index (κ1) is 12.6. The van der Waals surface area contributed by atoms with Gasteiger partial charge in [0.05, 0.1) is 5.56 Å². The number of carboxylic acids is 1. The molecule has 0 amide bonds. The maximum Gasteiger partial charge on any atom is 0.335 e. The molecular formula is C14H13NO2S. The van der Waals surface area contributed by atoms with Gasteiger partial charge in [-0.3, -0.25) is 0 Å². The smallest absolute Gasteiger partial charge is 0.335 e. The molecule has 2 aromatic rings. The topological polar surface area (TPSA) is 50.2 Å². The minimum absolute atomic E-state index is 0.341. The predicted molar refractivity (Wildman–Crippen MR) is 71.2 cm³/mol. The first-order chi connectivity index (χ1) is 8.58. The quantitative estimate of drug-likeness (QED) is 0.915. The van der Waals surface area contributed by atoms with Gasteiger partial charge >= 0.3 is 5.97 Å². The largest absolute Gasteiger partial charge is 0.478 e. The zero-order valence-electron chi connectivity index (χ0n) is 10.2. The number of rotatable bonds is 3. The summed E-state index contributed by atoms with van der Waals surface area (Å²) >= 11 is 1.48. The van der Waals surface area contributed by atoms with Crippen LogP contribution in [0, 0.1) is 13.8 Å². The highest BCUT2D eigenvalue weighted by molar-refractivity contribution is 7.99. The number of pyridine rings is 1. The van der Waals surface area contributed by atoms with Gasteiger partial charge < -0.3 is 5.11 Å². The summed E-state index contributed by atoms with van der Waals surface area (Å²) in [6, 6.07) is 9.31. The second-order valence-electron chi connectivity index (χ2n) is 4.01. The molecule has 0 aliphatic heterocycles. The molecule has 1 aromatic heterocycles. The normalized spacial score (nSPS) is 10.3. The zero-order valence-corrected chi connectivity index (χ0v) is 11.0. The van der Waals surface area contributed by atoms with Gasteiger partial charge in [-0.2, -0.15) is 0 Å². The maximum absolute atomic E-state index is 11.1. The molecule has 0 atom stereocenters. The molecule has 18 heavy (non-hydrogen) atoms. The number of aryl methyl sites for hydroxylation is 2. The molecule has 0 spiro atoms. The number of aromatic nitrogens is 1. The van der Waals surface area contributed by atoms with Gasteiger partial charge in [-0.25, -0.2) is 9.78 Å². The predicted octanol–water partition coefficient (Wildman–Crippen LogP) is 3.55. The maximum atomic E-state index is 11.1. The van der Waals surface area contributed by atoms with Gasteiger partial charge in [0, 0.05) is 11.1 Å². The van der Waals surface area contributed by atoms with E-state index in [1.165, 1.54) is 11.8 Å². The van der Waals surface area contributed by atoms with Crippen LogP contribution in [0.1, 0.15) is 21.5 Å². The van der Waals surface area contributed by atoms with Crippen LogP contribution in [0.15, 0.2) is 46.5 Å². The van der Waals surface area contributed by atoms with Gasteiger partial charge in [0.15, 0.2) is 0 Å². The molecule has 0 aliphatic rings. The van der Waals surface area contributed by atoms with Crippen molar-refractivity contribution in [3.05, 3.63) is 53.2 Å². The van der Waals surface area contributed by atoms with E-state index in [2.05, 4.69) is 4.98 Å². The second kappa shape index (κ2) is 5.23. The molecule has 0 unspecified atom stereocenters. The van der Waals surface area contributed by atoms with Crippen LogP contribution in [-0.2, 0) is 0 Å². The Labute approximate surface area is 110 Å². The Hall–Kier alpha value is -1.81. The van der Waals surface area contributed by atoms with Crippen LogP contribution in [0.3, 0.4) is 0 Å². The van der Waals surface area contributed by atoms with Gasteiger partial charge in [-0.05, 0) is 43.2 Å². The molecule has 0 saturated carbocycles. The van der Waals surface area contributed by atoms with Crippen molar-refractivity contribution in [3.8, 4) is 0 Å². The zero-order chi connectivity index (χ0) is 13.1. The van der Waals surface area contributed by atoms with Crippen molar-refractivity contribution in [1.29, 1.82) is 0 Å². The molecule has 92 valence electrons. The van der Waals surface area contributed by atoms with E-state index in [0.717, 1.165) is 21.0 Å². The minimum atomic E-state index is -0.896. The monoisotopic (exact) mass is 259 g/mol. The molecular weight excluding hydrogens is 246 g/mol. The van der Waals surface area contributed by atoms with Gasteiger partial charge in [0.2, 0.25) is 0 Å². The average molecular weight is 259 g/mol. The van der Waals surface area contributed by atoms with Gasteiger partial charge in [0.1, 0.15) is 5.03 Å². The molecule has 0 bridgehead atoms. The van der Waals surface area contributed by atoms with E-state index in [4.69, 9.17) is 5.11 Å². The molecule has 1 heterocycles. The Morgan fingerprint density at radius 3 is 2.67 bits per heavy atom. The number of nitrogens with zero attached hydrogens (tertiary/aromatic N) is 1. The minimum Gasteiger partial charge on any atom is -0.478 e. The number of hydrogen-bond acceptors (Lipinski definition) is 3. The Balaban J connectivity index is 2.33. The third-order valence-electron chi connectivity index (χ3n) is 2.62. The van der Waals surface area contributed by atoms with Crippen LogP contribution in [0.25, 0.3) is 0 Å². The average Bonchev–Trinajstić information content (AvgIpc) is 2.34. The van der Waals surface area contributed by atoms with E-state index in [-0.39, 0.29) is 0 Å². The van der Waals surface area contributed by atoms with E-state index < -0.39 is 5.97 Å². The summed E-state index contributed by atoms with van der Waals surface area (Å²) in [6.07, 6.45) is 1.74. The number of carboxylic acid groups (broad SMARTS) is 1. The Morgan fingerprint density at radius 1 is 1.22 bits per heavy atom. The standard InChI is InChI=1S/C14H13NO2S/c1-9-5-6-11(8-12(9)14(16)17)18-13-10(2)4-3-7-15-13/h3-8H,1-2H3,(H,16,17). The first-order valence-electron chi connectivity index (χ1n) is 5.51. The lowest BCUT2D eigenvalue weighted by atomic mass is 10.1. The van der Waals surface area contributed by atoms with Crippen molar-refractivity contribution in [1.82, 2.24) is 4.98 Å². The summed E-state index contributed by atoms with van der Waals surface area (Å²) in [7, 11) is 0. The van der Waals surface area contributed by atoms with Crippen molar-refractivity contribution < 1.29 is 9.90 Å². The molecule has 0 aliphatic carbocycles. The lowest BCUT2D eigenvalue weighted by Crippen LogP contribution is -1.99. The summed E-state index contributed by atoms with van der Waals surface area (Å²) in [5.41, 5.74) is 2.19. The van der Waals surface area contributed by atoms with Crippen LogP contribution in [-0.4, -0.2) is 16.1 Å². The summed E-state index contributed by atoms with van der Waals surface area (Å²) in [4.78, 5) is 16.2. The fourth-order valence-electron chi connectivity index (χ4n) is 1.58. The van der Waals surface area contributed by atoms with Gasteiger partial charge in [-0.15, -0.1) is 0 Å². The summed E-state index contributed by atoms with van der Waals surface area (Å²) in [5.74, 6) is -0.896. The van der Waals surface area contributed by atoms with E-state index in [1.807, 2.05) is 31.2 Å². The molecule has 2 rings (SSSR count). The van der Waals surface area contributed by atoms with E-state index in [0.29, 0.717) is 5.56 Å². The van der Waals surface area contributed by atoms with Crippen molar-refractivity contribution in [2.45, 2.75) is 23.8 Å². The van der Waals surface area contributed by atoms with Crippen LogP contribution >= 0.6 is 11.8 Å². The van der Waals surface area contributed by atoms with Crippen molar-refractivity contribution in [2.24, 2.45) is 0 Å². The third kappa shape index (κ3) is 2.71. The van der Waals surface area contributed by atoms with Crippen LogP contribution < -0.4 is 0 Å². The molecule has 0 saturated heterocycles. The Kier molecular flexibility index (Phi) is 3.67. The lowest BCUT2D eigenvalue weighted by molar-refractivity contribution is 0.0696. The lowest BCUT2D eigenvalue weighted by Gasteiger charge is -2.06. The molecule has 3 nitrogen and oxygen atoms in total. The van der Waals surface area contributed by atoms with Crippen LogP contribution in [0.5, 0.6) is 0 Å². The number of benzene rings is 1. The van der Waals surface area contributed by atoms with Gasteiger partial charge in [-0.1, -0.05) is 23.9 Å². The van der Waals surface area contributed by atoms with Crippen molar-refractivity contribution in [3.63, 3.8) is 0 Å². The molecule has 1 N–H and O–H groups in total. The molecule has 1 aromatic carbocycles. The molecule has 4 heteroatoms. The second-order valence-corrected chi connectivity index (χ2v) is 5.07. The third-order valence-corrected chi connectivity index (χ3v) is 3.73. The summed E-state index contributed by atoms with van der Waals surface area (Å²) in [6.45, 7) is 3.78. The summed E-state index contributed by atoms with van der Waals surface area (Å²) < 4.78 is 0. The number of carbonyl (C=O) groups is 1. The van der Waals surface area contributed by atoms with E-state index in [9.17, 15) is 4.79 Å². The molecule has 0 fully saturated rings. The van der Waals surface area contributed by atoms with E-state index in [1.54, 1.807) is 19.2 Å². The highest BCUT2D eigenvalue weighted by atomic mass is 32.2. The summed E-state index contributed by atoms with van der Waals surface area (Å²) in [5, 5.41) is 9.99. The van der Waals surface area contributed by atoms with Crippen LogP contribution in [0.2, 0.25) is 0 Å². The molecule has 0 radical (unpaired) electrons. The fourth-order valence-corrected chi connectivity index (χ4v) is 2.46. The van der Waals surface area contributed by atoms with Crippen molar-refractivity contribution in [2.75, 3.05) is 0 Å². The fraction of sp³-hybridized carbons (Fsp3) is 0.143. The van der Waals surface area contributed by atoms with Crippen molar-refractivity contribution >= 4 is 17.7 Å². The Bertz CT molecular complexity index is 596. The Morgan fingerprint density at radius 2 is 2.00 bits per heavy atom. The van der Waals surface area contributed by atoms with Crippen LogP contribution in [0.4, 0.5) is 0 Å². The van der Waals surface area contributed by atoms with E-state index >= 15 is 0 Å². The highest BCUT2D eigenvalue weighted by Crippen LogP contribution is 2.29. The first-order valence-corrected chi connectivity index (χ1v) is 6.33. The number of hydrogen-bond donors (Lipinski definition) is 1.